The van der Waals surface area contributed by atoms with Crippen molar-refractivity contribution in [3.8, 4) is 0 Å². The molecule has 0 amide bonds. The van der Waals surface area contributed by atoms with E-state index in [9.17, 15) is 0 Å². The number of likely N-dealkylation sites (N-methyl/N-ethyl adjacent to an activating group) is 1. The molecule has 0 spiro atoms. The molecule has 1 heterocycles. The Labute approximate surface area is 67.3 Å². The average molecular weight is 160 g/mol. The molecule has 0 radical (unpaired) electrons. The van der Waals surface area contributed by atoms with Gasteiger partial charge in [-0.2, -0.15) is 0 Å². The standard InChI is InChI=1S/C7H16N2O2/c1-8-2-4-9(5-3-8)6-7-11-10/h10H,2-7H2,1H3. The lowest BCUT2D eigenvalue weighted by molar-refractivity contribution is -0.244. The van der Waals surface area contributed by atoms with E-state index in [4.69, 9.17) is 5.26 Å². The zero-order valence-electron chi connectivity index (χ0n) is 6.99. The van der Waals surface area contributed by atoms with E-state index >= 15 is 0 Å². The van der Waals surface area contributed by atoms with Crippen molar-refractivity contribution in [1.29, 1.82) is 0 Å². The molecule has 66 valence electrons. The molecule has 0 bridgehead atoms. The minimum atomic E-state index is 0.420. The highest BCUT2D eigenvalue weighted by molar-refractivity contribution is 4.68. The van der Waals surface area contributed by atoms with Crippen LogP contribution in [0.15, 0.2) is 0 Å². The van der Waals surface area contributed by atoms with Gasteiger partial charge in [0, 0.05) is 32.7 Å². The third kappa shape index (κ3) is 3.16. The summed E-state index contributed by atoms with van der Waals surface area (Å²) < 4.78 is 0. The third-order valence-corrected chi connectivity index (χ3v) is 2.09. The summed E-state index contributed by atoms with van der Waals surface area (Å²) in [6.45, 7) is 5.66. The van der Waals surface area contributed by atoms with Gasteiger partial charge >= 0.3 is 0 Å². The predicted octanol–water partition coefficient (Wildman–Crippen LogP) is -0.277. The molecule has 1 saturated heterocycles. The molecule has 1 fully saturated rings. The van der Waals surface area contributed by atoms with E-state index < -0.39 is 0 Å². The number of hydrogen-bond donors (Lipinski definition) is 1. The summed E-state index contributed by atoms with van der Waals surface area (Å²) >= 11 is 0. The van der Waals surface area contributed by atoms with Crippen molar-refractivity contribution in [2.75, 3.05) is 46.4 Å². The van der Waals surface area contributed by atoms with Crippen LogP contribution in [-0.2, 0) is 4.89 Å². The fraction of sp³-hybridized carbons (Fsp3) is 1.00. The fourth-order valence-electron chi connectivity index (χ4n) is 1.24. The van der Waals surface area contributed by atoms with Crippen LogP contribution in [-0.4, -0.2) is 61.4 Å². The van der Waals surface area contributed by atoms with E-state index in [1.165, 1.54) is 0 Å². The van der Waals surface area contributed by atoms with Gasteiger partial charge in [-0.05, 0) is 7.05 Å². The molecule has 1 aliphatic heterocycles. The van der Waals surface area contributed by atoms with Crippen LogP contribution >= 0.6 is 0 Å². The number of nitrogens with zero attached hydrogens (tertiary/aromatic N) is 2. The van der Waals surface area contributed by atoms with Gasteiger partial charge in [-0.25, -0.2) is 4.89 Å². The SMILES string of the molecule is CN1CCN(CCOO)CC1. The largest absolute Gasteiger partial charge is 0.304 e. The first-order valence-corrected chi connectivity index (χ1v) is 4.00. The summed E-state index contributed by atoms with van der Waals surface area (Å²) in [5.41, 5.74) is 0. The average Bonchev–Trinajstić information content (AvgIpc) is 2.04. The Balaban J connectivity index is 2.07. The topological polar surface area (TPSA) is 35.9 Å². The molecule has 0 aromatic carbocycles. The molecule has 0 aromatic heterocycles. The van der Waals surface area contributed by atoms with Gasteiger partial charge in [-0.3, -0.25) is 10.2 Å². The molecule has 0 atom stereocenters. The molecule has 0 aromatic rings. The summed E-state index contributed by atoms with van der Waals surface area (Å²) in [5, 5.41) is 8.11. The van der Waals surface area contributed by atoms with E-state index in [1.54, 1.807) is 0 Å². The van der Waals surface area contributed by atoms with Gasteiger partial charge in [0.25, 0.3) is 0 Å². The Morgan fingerprint density at radius 3 is 2.45 bits per heavy atom. The monoisotopic (exact) mass is 160 g/mol. The second-order valence-corrected chi connectivity index (χ2v) is 2.98. The minimum Gasteiger partial charge on any atom is -0.304 e. The summed E-state index contributed by atoms with van der Waals surface area (Å²) in [5.74, 6) is 0. The Morgan fingerprint density at radius 2 is 1.91 bits per heavy atom. The first-order chi connectivity index (χ1) is 5.33. The number of rotatable bonds is 3. The van der Waals surface area contributed by atoms with Gasteiger partial charge < -0.3 is 4.90 Å². The zero-order valence-corrected chi connectivity index (χ0v) is 6.99. The van der Waals surface area contributed by atoms with Crippen molar-refractivity contribution >= 4 is 0 Å². The van der Waals surface area contributed by atoms with Crippen LogP contribution < -0.4 is 0 Å². The highest BCUT2D eigenvalue weighted by atomic mass is 17.1. The molecule has 11 heavy (non-hydrogen) atoms. The lowest BCUT2D eigenvalue weighted by atomic mass is 10.3. The lowest BCUT2D eigenvalue weighted by Gasteiger charge is -2.31. The maximum absolute atomic E-state index is 8.11. The van der Waals surface area contributed by atoms with E-state index in [0.717, 1.165) is 32.7 Å². The van der Waals surface area contributed by atoms with Crippen molar-refractivity contribution in [3.63, 3.8) is 0 Å². The molecule has 1 aliphatic rings. The molecular weight excluding hydrogens is 144 g/mol. The zero-order chi connectivity index (χ0) is 8.10. The maximum atomic E-state index is 8.11. The Bertz CT molecular complexity index is 99.9. The molecule has 4 nitrogen and oxygen atoms in total. The first-order valence-electron chi connectivity index (χ1n) is 4.00. The smallest absolute Gasteiger partial charge is 0.0946 e. The van der Waals surface area contributed by atoms with Gasteiger partial charge in [0.2, 0.25) is 0 Å². The minimum absolute atomic E-state index is 0.420. The highest BCUT2D eigenvalue weighted by Gasteiger charge is 2.12. The molecule has 0 saturated carbocycles. The maximum Gasteiger partial charge on any atom is 0.0946 e. The van der Waals surface area contributed by atoms with Gasteiger partial charge in [0.15, 0.2) is 0 Å². The van der Waals surface area contributed by atoms with Crippen molar-refractivity contribution < 1.29 is 10.1 Å². The normalized spacial score (nSPS) is 22.4. The quantitative estimate of drug-likeness (QED) is 0.455. The molecule has 4 heteroatoms. The Kier molecular flexibility index (Phi) is 3.79. The van der Waals surface area contributed by atoms with Gasteiger partial charge in [0.05, 0.1) is 6.61 Å². The molecule has 0 aliphatic carbocycles. The second-order valence-electron chi connectivity index (χ2n) is 2.98. The van der Waals surface area contributed by atoms with E-state index in [0.29, 0.717) is 6.61 Å². The van der Waals surface area contributed by atoms with Crippen molar-refractivity contribution in [1.82, 2.24) is 9.80 Å². The number of hydrogen-bond acceptors (Lipinski definition) is 4. The summed E-state index contributed by atoms with van der Waals surface area (Å²) in [6, 6.07) is 0. The summed E-state index contributed by atoms with van der Waals surface area (Å²) in [6.07, 6.45) is 0. The van der Waals surface area contributed by atoms with Crippen LogP contribution in [0, 0.1) is 0 Å². The van der Waals surface area contributed by atoms with E-state index in [1.807, 2.05) is 0 Å². The fourth-order valence-corrected chi connectivity index (χ4v) is 1.24. The van der Waals surface area contributed by atoms with Crippen LogP contribution in [0.5, 0.6) is 0 Å². The summed E-state index contributed by atoms with van der Waals surface area (Å²) in [7, 11) is 2.12. The molecule has 1 N–H and O–H groups in total. The number of piperazine rings is 1. The first kappa shape index (κ1) is 8.93. The van der Waals surface area contributed by atoms with Crippen molar-refractivity contribution in [2.45, 2.75) is 0 Å². The predicted molar refractivity (Wildman–Crippen MR) is 42.5 cm³/mol. The van der Waals surface area contributed by atoms with Gasteiger partial charge in [0.1, 0.15) is 0 Å². The Morgan fingerprint density at radius 1 is 1.27 bits per heavy atom. The highest BCUT2D eigenvalue weighted by Crippen LogP contribution is 1.97. The Hall–Kier alpha value is -0.160. The third-order valence-electron chi connectivity index (χ3n) is 2.09. The summed E-state index contributed by atoms with van der Waals surface area (Å²) in [4.78, 5) is 8.61. The second kappa shape index (κ2) is 4.66. The van der Waals surface area contributed by atoms with Crippen LogP contribution in [0.4, 0.5) is 0 Å². The van der Waals surface area contributed by atoms with Gasteiger partial charge in [-0.1, -0.05) is 0 Å². The van der Waals surface area contributed by atoms with Crippen LogP contribution in [0.2, 0.25) is 0 Å². The lowest BCUT2D eigenvalue weighted by Crippen LogP contribution is -2.45. The molecular formula is C7H16N2O2. The molecule has 1 rings (SSSR count). The van der Waals surface area contributed by atoms with Crippen molar-refractivity contribution in [2.24, 2.45) is 0 Å². The van der Waals surface area contributed by atoms with Crippen LogP contribution in [0.3, 0.4) is 0 Å². The van der Waals surface area contributed by atoms with Gasteiger partial charge in [-0.15, -0.1) is 0 Å². The van der Waals surface area contributed by atoms with Crippen LogP contribution in [0.25, 0.3) is 0 Å². The molecule has 0 unspecified atom stereocenters. The van der Waals surface area contributed by atoms with Crippen molar-refractivity contribution in [3.05, 3.63) is 0 Å². The van der Waals surface area contributed by atoms with E-state index in [-0.39, 0.29) is 0 Å². The van der Waals surface area contributed by atoms with E-state index in [2.05, 4.69) is 21.7 Å². The van der Waals surface area contributed by atoms with Crippen LogP contribution in [0.1, 0.15) is 0 Å².